The molecule has 0 atom stereocenters. The lowest BCUT2D eigenvalue weighted by atomic mass is 9.87. The molecule has 1 aromatic carbocycles. The van der Waals surface area contributed by atoms with Crippen LogP contribution < -0.4 is 10.6 Å². The third-order valence-corrected chi connectivity index (χ3v) is 5.64. The molecular formula is C21H22ClN5O3. The number of hydrogen-bond donors (Lipinski definition) is 2. The zero-order valence-corrected chi connectivity index (χ0v) is 17.3. The van der Waals surface area contributed by atoms with Gasteiger partial charge in [-0.3, -0.25) is 4.79 Å². The number of piperidine rings is 1. The van der Waals surface area contributed by atoms with E-state index in [2.05, 4.69) is 20.8 Å². The third kappa shape index (κ3) is 4.38. The Balaban J connectivity index is 1.30. The fourth-order valence-corrected chi connectivity index (χ4v) is 3.69. The van der Waals surface area contributed by atoms with Crippen LogP contribution in [0.4, 0.5) is 16.3 Å². The fourth-order valence-electron chi connectivity index (χ4n) is 3.57. The third-order valence-electron chi connectivity index (χ3n) is 5.42. The maximum Gasteiger partial charge on any atom is 0.321 e. The van der Waals surface area contributed by atoms with E-state index in [-0.39, 0.29) is 11.9 Å². The number of benzene rings is 1. The number of amides is 3. The van der Waals surface area contributed by atoms with E-state index in [4.69, 9.17) is 16.4 Å². The van der Waals surface area contributed by atoms with E-state index < -0.39 is 5.60 Å². The number of nitrogens with zero attached hydrogens (tertiary/aromatic N) is 3. The minimum Gasteiger partial charge on any atom is -0.388 e. The van der Waals surface area contributed by atoms with Crippen LogP contribution in [-0.4, -0.2) is 46.2 Å². The Morgan fingerprint density at radius 1 is 1.13 bits per heavy atom. The van der Waals surface area contributed by atoms with Crippen molar-refractivity contribution in [2.45, 2.75) is 31.8 Å². The second-order valence-corrected chi connectivity index (χ2v) is 7.97. The number of aryl methyl sites for hydroxylation is 1. The second kappa shape index (κ2) is 8.31. The summed E-state index contributed by atoms with van der Waals surface area (Å²) in [5.41, 5.74) is 1.60. The van der Waals surface area contributed by atoms with Crippen molar-refractivity contribution in [2.75, 3.05) is 23.7 Å². The van der Waals surface area contributed by atoms with Crippen LogP contribution in [0.15, 0.2) is 47.8 Å². The molecule has 1 saturated heterocycles. The molecule has 0 bridgehead atoms. The summed E-state index contributed by atoms with van der Waals surface area (Å²) in [5, 5.41) is 10.2. The number of anilines is 2. The number of nitrogens with one attached hydrogen (secondary N) is 2. The van der Waals surface area contributed by atoms with Crippen molar-refractivity contribution in [3.8, 4) is 0 Å². The zero-order chi connectivity index (χ0) is 21.1. The molecule has 3 heterocycles. The van der Waals surface area contributed by atoms with Gasteiger partial charge >= 0.3 is 6.03 Å². The summed E-state index contributed by atoms with van der Waals surface area (Å²) < 4.78 is 0. The molecule has 1 spiro atoms. The summed E-state index contributed by atoms with van der Waals surface area (Å²) in [6.07, 6.45) is 3.07. The Bertz CT molecular complexity index is 984. The van der Waals surface area contributed by atoms with Gasteiger partial charge in [-0.1, -0.05) is 35.0 Å². The molecule has 2 N–H and O–H groups in total. The monoisotopic (exact) mass is 427 g/mol. The lowest BCUT2D eigenvalue weighted by Crippen LogP contribution is -2.48. The summed E-state index contributed by atoms with van der Waals surface area (Å²) in [4.78, 5) is 36.5. The number of para-hydroxylation sites is 1. The molecule has 8 nitrogen and oxygen atoms in total. The maximum atomic E-state index is 12.6. The van der Waals surface area contributed by atoms with Crippen molar-refractivity contribution in [1.29, 1.82) is 0 Å². The summed E-state index contributed by atoms with van der Waals surface area (Å²) in [5.74, 6) is 0.0529. The highest BCUT2D eigenvalue weighted by Crippen LogP contribution is 2.35. The molecule has 30 heavy (non-hydrogen) atoms. The summed E-state index contributed by atoms with van der Waals surface area (Å²) in [6, 6.07) is 10.8. The average Bonchev–Trinajstić information content (AvgIpc) is 3.15. The van der Waals surface area contributed by atoms with E-state index in [1.165, 1.54) is 6.20 Å². The van der Waals surface area contributed by atoms with Gasteiger partial charge in [0.05, 0.1) is 5.02 Å². The number of pyridine rings is 1. The lowest BCUT2D eigenvalue weighted by molar-refractivity contribution is -0.110. The largest absolute Gasteiger partial charge is 0.388 e. The Kier molecular flexibility index (Phi) is 5.59. The van der Waals surface area contributed by atoms with Crippen molar-refractivity contribution < 1.29 is 14.4 Å². The number of carbonyl (C=O) groups excluding carboxylic acids is 2. The average molecular weight is 428 g/mol. The summed E-state index contributed by atoms with van der Waals surface area (Å²) in [7, 11) is 0. The molecular weight excluding hydrogens is 406 g/mol. The molecule has 0 aliphatic carbocycles. The fraction of sp³-hybridized carbons (Fsp3) is 0.333. The van der Waals surface area contributed by atoms with E-state index in [0.717, 1.165) is 11.3 Å². The Morgan fingerprint density at radius 3 is 2.60 bits per heavy atom. The number of rotatable bonds is 3. The number of halogens is 1. The van der Waals surface area contributed by atoms with Crippen molar-refractivity contribution in [3.63, 3.8) is 0 Å². The first-order chi connectivity index (χ1) is 14.4. The molecule has 2 aliphatic rings. The smallest absolute Gasteiger partial charge is 0.321 e. The van der Waals surface area contributed by atoms with Crippen molar-refractivity contribution in [1.82, 2.24) is 9.88 Å². The number of likely N-dealkylation sites (tertiary alicyclic amines) is 1. The van der Waals surface area contributed by atoms with E-state index in [9.17, 15) is 9.59 Å². The number of oxime groups is 1. The number of carbonyl (C=O) groups is 2. The van der Waals surface area contributed by atoms with E-state index in [1.54, 1.807) is 17.0 Å². The van der Waals surface area contributed by atoms with Gasteiger partial charge in [-0.05, 0) is 30.7 Å². The van der Waals surface area contributed by atoms with Crippen LogP contribution in [0.1, 0.15) is 24.8 Å². The van der Waals surface area contributed by atoms with Gasteiger partial charge in [0.2, 0.25) is 0 Å². The van der Waals surface area contributed by atoms with Crippen LogP contribution in [-0.2, 0) is 9.63 Å². The summed E-state index contributed by atoms with van der Waals surface area (Å²) >= 11 is 5.81. The minimum atomic E-state index is -0.542. The normalized spacial score (nSPS) is 17.3. The van der Waals surface area contributed by atoms with Crippen LogP contribution in [0.5, 0.6) is 0 Å². The Morgan fingerprint density at radius 2 is 1.90 bits per heavy atom. The molecule has 2 aromatic rings. The molecule has 0 unspecified atom stereocenters. The van der Waals surface area contributed by atoms with Crippen LogP contribution in [0.2, 0.25) is 5.02 Å². The first-order valence-electron chi connectivity index (χ1n) is 9.74. The highest BCUT2D eigenvalue weighted by atomic mass is 35.5. The maximum absolute atomic E-state index is 12.6. The lowest BCUT2D eigenvalue weighted by Gasteiger charge is -2.37. The van der Waals surface area contributed by atoms with Gasteiger partial charge in [0.25, 0.3) is 5.91 Å². The molecule has 3 amide bonds. The van der Waals surface area contributed by atoms with Gasteiger partial charge in [-0.15, -0.1) is 0 Å². The van der Waals surface area contributed by atoms with E-state index in [0.29, 0.717) is 48.9 Å². The predicted octanol–water partition coefficient (Wildman–Crippen LogP) is 3.82. The van der Waals surface area contributed by atoms with Crippen LogP contribution in [0.3, 0.4) is 0 Å². The van der Waals surface area contributed by atoms with Gasteiger partial charge in [0.15, 0.2) is 0 Å². The molecule has 0 saturated carbocycles. The first kappa shape index (κ1) is 20.2. The van der Waals surface area contributed by atoms with Crippen LogP contribution >= 0.6 is 11.6 Å². The molecule has 4 rings (SSSR count). The molecule has 2 aliphatic heterocycles. The number of urea groups is 1. The molecule has 9 heteroatoms. The van der Waals surface area contributed by atoms with Crippen LogP contribution in [0.25, 0.3) is 0 Å². The predicted molar refractivity (Wildman–Crippen MR) is 115 cm³/mol. The molecule has 156 valence electrons. The summed E-state index contributed by atoms with van der Waals surface area (Å²) in [6.45, 7) is 3.01. The quantitative estimate of drug-likeness (QED) is 0.778. The van der Waals surface area contributed by atoms with Gasteiger partial charge in [0, 0.05) is 44.2 Å². The number of aromatic nitrogens is 1. The SMILES string of the molecule is Cc1ccccc1NC(=O)N1CCC2(CC1)CC(C(=O)Nc1ccc(Cl)cn1)=NO2. The molecule has 1 aromatic heterocycles. The standard InChI is InChI=1S/C21H22ClN5O3/c1-14-4-2-3-5-16(14)24-20(29)27-10-8-21(9-11-27)12-17(26-30-21)19(28)25-18-7-6-15(22)13-23-18/h2-7,13H,8-12H2,1H3,(H,24,29)(H,23,25,28). The zero-order valence-electron chi connectivity index (χ0n) is 16.5. The van der Waals surface area contributed by atoms with Crippen molar-refractivity contribution in [2.24, 2.45) is 5.16 Å². The van der Waals surface area contributed by atoms with Gasteiger partial charge in [-0.2, -0.15) is 0 Å². The Labute approximate surface area is 179 Å². The topological polar surface area (TPSA) is 95.9 Å². The van der Waals surface area contributed by atoms with Crippen molar-refractivity contribution >= 4 is 40.8 Å². The highest BCUT2D eigenvalue weighted by molar-refractivity contribution is 6.43. The molecule has 1 fully saturated rings. The van der Waals surface area contributed by atoms with Crippen molar-refractivity contribution in [3.05, 3.63) is 53.2 Å². The minimum absolute atomic E-state index is 0.134. The Hall–Kier alpha value is -3.13. The van der Waals surface area contributed by atoms with E-state index >= 15 is 0 Å². The van der Waals surface area contributed by atoms with Crippen LogP contribution in [0, 0.1) is 6.92 Å². The van der Waals surface area contributed by atoms with Gasteiger partial charge in [-0.25, -0.2) is 9.78 Å². The highest BCUT2D eigenvalue weighted by Gasteiger charge is 2.44. The van der Waals surface area contributed by atoms with Gasteiger partial charge in [0.1, 0.15) is 17.1 Å². The second-order valence-electron chi connectivity index (χ2n) is 7.54. The molecule has 0 radical (unpaired) electrons. The van der Waals surface area contributed by atoms with Gasteiger partial charge < -0.3 is 20.4 Å². The van der Waals surface area contributed by atoms with E-state index in [1.807, 2.05) is 31.2 Å². The number of hydrogen-bond acceptors (Lipinski definition) is 5. The first-order valence-corrected chi connectivity index (χ1v) is 10.1.